The second-order valence-electron chi connectivity index (χ2n) is 4.89. The zero-order valence-electron chi connectivity index (χ0n) is 9.34. The van der Waals surface area contributed by atoms with E-state index in [0.29, 0.717) is 0 Å². The van der Waals surface area contributed by atoms with Gasteiger partial charge in [-0.3, -0.25) is 0 Å². The Morgan fingerprint density at radius 3 is 2.13 bits per heavy atom. The zero-order valence-corrected chi connectivity index (χ0v) is 10.9. The first-order valence-corrected chi connectivity index (χ1v) is 5.97. The molecular weight excluding hydrogens is 248 g/mol. The summed E-state index contributed by atoms with van der Waals surface area (Å²) in [5.74, 6) is 0. The molecule has 0 bridgehead atoms. The molecule has 2 aromatic rings. The largest absolute Gasteiger partial charge is 0.0613 e. The fraction of sp³-hybridized carbons (Fsp3) is 0.286. The van der Waals surface area contributed by atoms with E-state index in [1.54, 1.807) is 0 Å². The monoisotopic (exact) mass is 262 g/mol. The van der Waals surface area contributed by atoms with Crippen molar-refractivity contribution in [2.45, 2.75) is 26.2 Å². The van der Waals surface area contributed by atoms with Crippen LogP contribution in [0.4, 0.5) is 0 Å². The van der Waals surface area contributed by atoms with Crippen LogP contribution in [0.2, 0.25) is 0 Å². The molecule has 0 fully saturated rings. The maximum atomic E-state index is 3.64. The highest BCUT2D eigenvalue weighted by Crippen LogP contribution is 2.34. The average molecular weight is 263 g/mol. The highest BCUT2D eigenvalue weighted by atomic mass is 79.9. The molecule has 0 aromatic heterocycles. The van der Waals surface area contributed by atoms with E-state index in [9.17, 15) is 0 Å². The molecule has 0 saturated heterocycles. The van der Waals surface area contributed by atoms with Crippen molar-refractivity contribution in [2.75, 3.05) is 0 Å². The van der Waals surface area contributed by atoms with Gasteiger partial charge in [0.1, 0.15) is 0 Å². The van der Waals surface area contributed by atoms with Gasteiger partial charge in [-0.05, 0) is 27.8 Å². The van der Waals surface area contributed by atoms with E-state index in [-0.39, 0.29) is 5.41 Å². The molecule has 0 N–H and O–H groups in total. The summed E-state index contributed by atoms with van der Waals surface area (Å²) in [4.78, 5) is 0. The number of rotatable bonds is 0. The Labute approximate surface area is 99.4 Å². The van der Waals surface area contributed by atoms with Gasteiger partial charge in [-0.2, -0.15) is 0 Å². The van der Waals surface area contributed by atoms with E-state index in [0.717, 1.165) is 0 Å². The summed E-state index contributed by atoms with van der Waals surface area (Å²) >= 11 is 3.64. The van der Waals surface area contributed by atoms with Crippen LogP contribution in [-0.2, 0) is 5.41 Å². The van der Waals surface area contributed by atoms with Crippen LogP contribution in [0.3, 0.4) is 0 Å². The van der Waals surface area contributed by atoms with E-state index in [1.807, 2.05) is 0 Å². The van der Waals surface area contributed by atoms with Crippen LogP contribution in [-0.4, -0.2) is 0 Å². The van der Waals surface area contributed by atoms with E-state index < -0.39 is 0 Å². The maximum Gasteiger partial charge on any atom is 0.0256 e. The van der Waals surface area contributed by atoms with Crippen LogP contribution >= 0.6 is 15.9 Å². The van der Waals surface area contributed by atoms with Crippen molar-refractivity contribution in [2.24, 2.45) is 0 Å². The minimum Gasteiger partial charge on any atom is -0.0613 e. The lowest BCUT2D eigenvalue weighted by molar-refractivity contribution is 0.596. The summed E-state index contributed by atoms with van der Waals surface area (Å²) in [5, 5.41) is 2.64. The van der Waals surface area contributed by atoms with Crippen molar-refractivity contribution in [3.63, 3.8) is 0 Å². The summed E-state index contributed by atoms with van der Waals surface area (Å²) in [6, 6.07) is 12.9. The Hall–Kier alpha value is -0.820. The second kappa shape index (κ2) is 3.64. The van der Waals surface area contributed by atoms with Crippen molar-refractivity contribution in [3.8, 4) is 0 Å². The number of benzene rings is 2. The van der Waals surface area contributed by atoms with Gasteiger partial charge in [-0.15, -0.1) is 0 Å². The van der Waals surface area contributed by atoms with E-state index in [2.05, 4.69) is 73.1 Å². The lowest BCUT2D eigenvalue weighted by atomic mass is 9.84. The van der Waals surface area contributed by atoms with E-state index in [4.69, 9.17) is 0 Å². The summed E-state index contributed by atoms with van der Waals surface area (Å²) in [6.07, 6.45) is 0. The maximum absolute atomic E-state index is 3.64. The molecule has 0 saturated carbocycles. The van der Waals surface area contributed by atoms with Crippen molar-refractivity contribution in [1.29, 1.82) is 0 Å². The summed E-state index contributed by atoms with van der Waals surface area (Å²) < 4.78 is 1.19. The molecular formula is C14H15Br. The standard InChI is InChI=1S/C14H15Br/c1-14(2,3)11-8-4-6-10-7-5-9-12(15)13(10)11/h4-9H,1-3H3. The van der Waals surface area contributed by atoms with Crippen LogP contribution in [0.15, 0.2) is 40.9 Å². The lowest BCUT2D eigenvalue weighted by Gasteiger charge is -2.22. The number of fused-ring (bicyclic) bond motifs is 1. The SMILES string of the molecule is CC(C)(C)c1cccc2cccc(Br)c12. The average Bonchev–Trinajstić information content (AvgIpc) is 2.16. The molecule has 0 aliphatic rings. The van der Waals surface area contributed by atoms with Crippen molar-refractivity contribution in [1.82, 2.24) is 0 Å². The molecule has 2 aromatic carbocycles. The zero-order chi connectivity index (χ0) is 11.1. The molecule has 0 nitrogen and oxygen atoms in total. The summed E-state index contributed by atoms with van der Waals surface area (Å²) in [6.45, 7) is 6.75. The molecule has 78 valence electrons. The van der Waals surface area contributed by atoms with Crippen molar-refractivity contribution >= 4 is 26.7 Å². The van der Waals surface area contributed by atoms with E-state index in [1.165, 1.54) is 20.8 Å². The van der Waals surface area contributed by atoms with Crippen LogP contribution in [0.1, 0.15) is 26.3 Å². The smallest absolute Gasteiger partial charge is 0.0256 e. The van der Waals surface area contributed by atoms with Crippen LogP contribution in [0.5, 0.6) is 0 Å². The second-order valence-corrected chi connectivity index (χ2v) is 5.75. The highest BCUT2D eigenvalue weighted by Gasteiger charge is 2.17. The molecule has 0 aliphatic heterocycles. The lowest BCUT2D eigenvalue weighted by Crippen LogP contribution is -2.11. The Morgan fingerprint density at radius 1 is 0.933 bits per heavy atom. The van der Waals surface area contributed by atoms with Gasteiger partial charge >= 0.3 is 0 Å². The highest BCUT2D eigenvalue weighted by molar-refractivity contribution is 9.10. The molecule has 0 unspecified atom stereocenters. The quantitative estimate of drug-likeness (QED) is 0.634. The van der Waals surface area contributed by atoms with Crippen LogP contribution in [0, 0.1) is 0 Å². The molecule has 0 aliphatic carbocycles. The topological polar surface area (TPSA) is 0 Å². The van der Waals surface area contributed by atoms with Gasteiger partial charge in [0.05, 0.1) is 0 Å². The third-order valence-corrected chi connectivity index (χ3v) is 3.32. The molecule has 1 heteroatoms. The Bertz CT molecular complexity index is 487. The predicted octanol–water partition coefficient (Wildman–Crippen LogP) is 4.90. The minimum absolute atomic E-state index is 0.184. The number of halogens is 1. The van der Waals surface area contributed by atoms with E-state index >= 15 is 0 Å². The fourth-order valence-corrected chi connectivity index (χ4v) is 2.52. The Kier molecular flexibility index (Phi) is 2.59. The first kappa shape index (κ1) is 10.7. The molecule has 0 heterocycles. The minimum atomic E-state index is 0.184. The van der Waals surface area contributed by atoms with Crippen LogP contribution < -0.4 is 0 Å². The number of hydrogen-bond donors (Lipinski definition) is 0. The van der Waals surface area contributed by atoms with Crippen molar-refractivity contribution in [3.05, 3.63) is 46.4 Å². The fourth-order valence-electron chi connectivity index (χ4n) is 1.92. The van der Waals surface area contributed by atoms with Crippen molar-refractivity contribution < 1.29 is 0 Å². The predicted molar refractivity (Wildman–Crippen MR) is 70.3 cm³/mol. The first-order chi connectivity index (χ1) is 7.00. The van der Waals surface area contributed by atoms with Gasteiger partial charge in [-0.1, -0.05) is 67.0 Å². The van der Waals surface area contributed by atoms with Gasteiger partial charge in [0.25, 0.3) is 0 Å². The van der Waals surface area contributed by atoms with Crippen LogP contribution in [0.25, 0.3) is 10.8 Å². The third kappa shape index (κ3) is 1.93. The van der Waals surface area contributed by atoms with Gasteiger partial charge in [0.2, 0.25) is 0 Å². The molecule has 0 radical (unpaired) electrons. The Morgan fingerprint density at radius 2 is 1.53 bits per heavy atom. The molecule has 15 heavy (non-hydrogen) atoms. The molecule has 0 amide bonds. The van der Waals surface area contributed by atoms with Gasteiger partial charge in [0, 0.05) is 4.47 Å². The molecule has 0 spiro atoms. The molecule has 0 atom stereocenters. The Balaban J connectivity index is 2.86. The normalized spacial score (nSPS) is 12.0. The van der Waals surface area contributed by atoms with Gasteiger partial charge in [0.15, 0.2) is 0 Å². The first-order valence-electron chi connectivity index (χ1n) is 5.18. The van der Waals surface area contributed by atoms with Gasteiger partial charge < -0.3 is 0 Å². The number of hydrogen-bond acceptors (Lipinski definition) is 0. The summed E-state index contributed by atoms with van der Waals surface area (Å²) in [7, 11) is 0. The third-order valence-electron chi connectivity index (χ3n) is 2.66. The summed E-state index contributed by atoms with van der Waals surface area (Å²) in [5.41, 5.74) is 1.58. The molecule has 2 rings (SSSR count). The van der Waals surface area contributed by atoms with Gasteiger partial charge in [-0.25, -0.2) is 0 Å².